The number of hydrogen-bond acceptors (Lipinski definition) is 3. The molecule has 0 aliphatic carbocycles. The van der Waals surface area contributed by atoms with Gasteiger partial charge in [-0.2, -0.15) is 5.10 Å². The predicted octanol–water partition coefficient (Wildman–Crippen LogP) is 1.74. The molecule has 1 aliphatic rings. The maximum atomic E-state index is 11.7. The highest BCUT2D eigenvalue weighted by molar-refractivity contribution is 9.10. The lowest BCUT2D eigenvalue weighted by molar-refractivity contribution is -0.150. The average Bonchev–Trinajstić information content (AvgIpc) is 2.67. The second-order valence-electron chi connectivity index (χ2n) is 5.20. The van der Waals surface area contributed by atoms with Gasteiger partial charge in [-0.1, -0.05) is 6.92 Å². The molecule has 6 heteroatoms. The van der Waals surface area contributed by atoms with Crippen LogP contribution in [0.25, 0.3) is 0 Å². The number of nitrogens with one attached hydrogen (secondary N) is 1. The van der Waals surface area contributed by atoms with Crippen LogP contribution in [0.2, 0.25) is 0 Å². The fraction of sp³-hybridized carbons (Fsp3) is 0.692. The SMILES string of the molecule is CCc1nn(C)c(CC2(C(=O)O)CCNCC2)c1Br. The van der Waals surface area contributed by atoms with Crippen LogP contribution in [0.15, 0.2) is 4.47 Å². The molecule has 0 aromatic carbocycles. The molecule has 1 aromatic heterocycles. The van der Waals surface area contributed by atoms with E-state index in [1.807, 2.05) is 18.7 Å². The van der Waals surface area contributed by atoms with Gasteiger partial charge in [0.25, 0.3) is 0 Å². The van der Waals surface area contributed by atoms with E-state index >= 15 is 0 Å². The van der Waals surface area contributed by atoms with Crippen LogP contribution in [0.3, 0.4) is 0 Å². The molecule has 1 fully saturated rings. The fourth-order valence-corrected chi connectivity index (χ4v) is 3.46. The van der Waals surface area contributed by atoms with Gasteiger partial charge in [-0.15, -0.1) is 0 Å². The molecule has 0 bridgehead atoms. The maximum Gasteiger partial charge on any atom is 0.310 e. The van der Waals surface area contributed by atoms with E-state index in [2.05, 4.69) is 26.3 Å². The molecule has 0 saturated carbocycles. The molecule has 0 radical (unpaired) electrons. The number of hydrogen-bond donors (Lipinski definition) is 2. The molecule has 2 heterocycles. The van der Waals surface area contributed by atoms with Crippen molar-refractivity contribution in [3.05, 3.63) is 15.9 Å². The number of aromatic nitrogens is 2. The van der Waals surface area contributed by atoms with Crippen molar-refractivity contribution in [3.8, 4) is 0 Å². The van der Waals surface area contributed by atoms with E-state index in [-0.39, 0.29) is 0 Å². The van der Waals surface area contributed by atoms with Crippen molar-refractivity contribution in [2.75, 3.05) is 13.1 Å². The number of carbonyl (C=O) groups is 1. The zero-order valence-electron chi connectivity index (χ0n) is 11.4. The van der Waals surface area contributed by atoms with Gasteiger partial charge in [0.15, 0.2) is 0 Å². The van der Waals surface area contributed by atoms with Crippen molar-refractivity contribution < 1.29 is 9.90 Å². The van der Waals surface area contributed by atoms with E-state index in [1.165, 1.54) is 0 Å². The zero-order valence-corrected chi connectivity index (χ0v) is 13.0. The number of carboxylic acids is 1. The van der Waals surface area contributed by atoms with E-state index in [0.717, 1.165) is 35.4 Å². The minimum absolute atomic E-state index is 0.536. The Hall–Kier alpha value is -0.880. The third-order valence-corrected chi connectivity index (χ3v) is 4.94. The lowest BCUT2D eigenvalue weighted by atomic mass is 9.75. The normalized spacial score (nSPS) is 18.5. The number of aryl methyl sites for hydroxylation is 2. The third-order valence-electron chi connectivity index (χ3n) is 4.02. The molecule has 1 aliphatic heterocycles. The number of carboxylic acid groups (broad SMARTS) is 1. The highest BCUT2D eigenvalue weighted by atomic mass is 79.9. The van der Waals surface area contributed by atoms with E-state index in [0.29, 0.717) is 19.3 Å². The van der Waals surface area contributed by atoms with Crippen LogP contribution in [0.1, 0.15) is 31.2 Å². The highest BCUT2D eigenvalue weighted by Crippen LogP contribution is 2.36. The van der Waals surface area contributed by atoms with Gasteiger partial charge in [-0.05, 0) is 48.3 Å². The van der Waals surface area contributed by atoms with Crippen LogP contribution in [-0.2, 0) is 24.7 Å². The largest absolute Gasteiger partial charge is 0.481 e. The molecule has 1 aromatic rings. The number of halogens is 1. The van der Waals surface area contributed by atoms with Gasteiger partial charge < -0.3 is 10.4 Å². The van der Waals surface area contributed by atoms with Crippen LogP contribution in [-0.4, -0.2) is 33.9 Å². The lowest BCUT2D eigenvalue weighted by Gasteiger charge is -2.33. The fourth-order valence-electron chi connectivity index (χ4n) is 2.70. The van der Waals surface area contributed by atoms with Crippen LogP contribution in [0.5, 0.6) is 0 Å². The Morgan fingerprint density at radius 3 is 2.63 bits per heavy atom. The molecule has 5 nitrogen and oxygen atoms in total. The Kier molecular flexibility index (Phi) is 4.30. The van der Waals surface area contributed by atoms with Crippen LogP contribution in [0.4, 0.5) is 0 Å². The van der Waals surface area contributed by atoms with Gasteiger partial charge >= 0.3 is 5.97 Å². The summed E-state index contributed by atoms with van der Waals surface area (Å²) in [6.45, 7) is 3.58. The Morgan fingerprint density at radius 1 is 1.53 bits per heavy atom. The Morgan fingerprint density at radius 2 is 2.16 bits per heavy atom. The Balaban J connectivity index is 2.32. The van der Waals surface area contributed by atoms with E-state index in [4.69, 9.17) is 0 Å². The van der Waals surface area contributed by atoms with Gasteiger partial charge in [0.05, 0.1) is 21.3 Å². The van der Waals surface area contributed by atoms with Crippen LogP contribution in [0, 0.1) is 5.41 Å². The van der Waals surface area contributed by atoms with Crippen molar-refractivity contribution in [2.45, 2.75) is 32.6 Å². The minimum Gasteiger partial charge on any atom is -0.481 e. The molecule has 0 unspecified atom stereocenters. The molecule has 0 spiro atoms. The predicted molar refractivity (Wildman–Crippen MR) is 76.2 cm³/mol. The summed E-state index contributed by atoms with van der Waals surface area (Å²) >= 11 is 3.57. The first-order valence-corrected chi connectivity index (χ1v) is 7.44. The summed E-state index contributed by atoms with van der Waals surface area (Å²) in [5, 5.41) is 17.3. The first-order chi connectivity index (χ1) is 9.00. The average molecular weight is 330 g/mol. The second-order valence-corrected chi connectivity index (χ2v) is 5.99. The molecular formula is C13H20BrN3O2. The molecule has 2 N–H and O–H groups in total. The van der Waals surface area contributed by atoms with Gasteiger partial charge in [0.1, 0.15) is 0 Å². The summed E-state index contributed by atoms with van der Waals surface area (Å²) in [4.78, 5) is 11.7. The monoisotopic (exact) mass is 329 g/mol. The maximum absolute atomic E-state index is 11.7. The highest BCUT2D eigenvalue weighted by Gasteiger charge is 2.41. The third kappa shape index (κ3) is 2.69. The lowest BCUT2D eigenvalue weighted by Crippen LogP contribution is -2.44. The standard InChI is InChI=1S/C13H20BrN3O2/c1-3-9-11(14)10(17(2)16-9)8-13(12(18)19)4-6-15-7-5-13/h15H,3-8H2,1-2H3,(H,18,19). The van der Waals surface area contributed by atoms with Gasteiger partial charge in [0.2, 0.25) is 0 Å². The summed E-state index contributed by atoms with van der Waals surface area (Å²) in [5.41, 5.74) is 1.32. The second kappa shape index (κ2) is 5.63. The first kappa shape index (κ1) is 14.5. The number of piperidine rings is 1. The van der Waals surface area contributed by atoms with Crippen molar-refractivity contribution in [1.82, 2.24) is 15.1 Å². The minimum atomic E-state index is -0.694. The number of nitrogens with zero attached hydrogens (tertiary/aromatic N) is 2. The van der Waals surface area contributed by atoms with Crippen LogP contribution >= 0.6 is 15.9 Å². The molecule has 106 valence electrons. The summed E-state index contributed by atoms with van der Waals surface area (Å²) < 4.78 is 2.78. The van der Waals surface area contributed by atoms with E-state index < -0.39 is 11.4 Å². The van der Waals surface area contributed by atoms with Crippen molar-refractivity contribution >= 4 is 21.9 Å². The number of rotatable bonds is 4. The molecule has 0 atom stereocenters. The van der Waals surface area contributed by atoms with E-state index in [9.17, 15) is 9.90 Å². The summed E-state index contributed by atoms with van der Waals surface area (Å²) in [6, 6.07) is 0. The molecule has 0 amide bonds. The molecule has 2 rings (SSSR count). The number of aliphatic carboxylic acids is 1. The van der Waals surface area contributed by atoms with Gasteiger partial charge in [-0.3, -0.25) is 9.48 Å². The Bertz CT molecular complexity index is 478. The summed E-state index contributed by atoms with van der Waals surface area (Å²) in [7, 11) is 1.88. The van der Waals surface area contributed by atoms with Crippen molar-refractivity contribution in [1.29, 1.82) is 0 Å². The van der Waals surface area contributed by atoms with Crippen molar-refractivity contribution in [2.24, 2.45) is 12.5 Å². The van der Waals surface area contributed by atoms with Crippen LogP contribution < -0.4 is 5.32 Å². The van der Waals surface area contributed by atoms with E-state index in [1.54, 1.807) is 0 Å². The zero-order chi connectivity index (χ0) is 14.0. The summed E-state index contributed by atoms with van der Waals surface area (Å²) in [5.74, 6) is -0.694. The summed E-state index contributed by atoms with van der Waals surface area (Å²) in [6.07, 6.45) is 2.72. The quantitative estimate of drug-likeness (QED) is 0.883. The topological polar surface area (TPSA) is 67.2 Å². The Labute approximate surface area is 121 Å². The molecule has 1 saturated heterocycles. The van der Waals surface area contributed by atoms with Gasteiger partial charge in [0, 0.05) is 13.5 Å². The van der Waals surface area contributed by atoms with Gasteiger partial charge in [-0.25, -0.2) is 0 Å². The molecule has 19 heavy (non-hydrogen) atoms. The smallest absolute Gasteiger partial charge is 0.310 e. The first-order valence-electron chi connectivity index (χ1n) is 6.64. The molecular weight excluding hydrogens is 310 g/mol. The van der Waals surface area contributed by atoms with Crippen molar-refractivity contribution in [3.63, 3.8) is 0 Å².